The minimum absolute atomic E-state index is 0.0589. The van der Waals surface area contributed by atoms with Gasteiger partial charge in [-0.1, -0.05) is 6.92 Å². The van der Waals surface area contributed by atoms with Gasteiger partial charge in [-0.3, -0.25) is 0 Å². The van der Waals surface area contributed by atoms with Gasteiger partial charge in [0.05, 0.1) is 6.10 Å². The van der Waals surface area contributed by atoms with Gasteiger partial charge >= 0.3 is 0 Å². The summed E-state index contributed by atoms with van der Waals surface area (Å²) in [5.41, 5.74) is 0. The minimum Gasteiger partial charge on any atom is -0.396 e. The second-order valence-electron chi connectivity index (χ2n) is 2.88. The molecular formula is C8H19NO2. The van der Waals surface area contributed by atoms with E-state index in [-0.39, 0.29) is 6.61 Å². The van der Waals surface area contributed by atoms with Crippen LogP contribution >= 0.6 is 0 Å². The highest BCUT2D eigenvalue weighted by Gasteiger charge is 2.03. The molecule has 0 aromatic carbocycles. The molecule has 0 radical (unpaired) electrons. The van der Waals surface area contributed by atoms with Gasteiger partial charge in [0.1, 0.15) is 0 Å². The van der Waals surface area contributed by atoms with Crippen LogP contribution in [0, 0.1) is 0 Å². The Morgan fingerprint density at radius 1 is 1.45 bits per heavy atom. The highest BCUT2D eigenvalue weighted by Crippen LogP contribution is 1.91. The Bertz CT molecular complexity index is 88.2. The molecule has 0 heterocycles. The predicted molar refractivity (Wildman–Crippen MR) is 45.5 cm³/mol. The molecule has 3 N–H and O–H groups in total. The van der Waals surface area contributed by atoms with Crippen LogP contribution in [0.25, 0.3) is 0 Å². The lowest BCUT2D eigenvalue weighted by atomic mass is 10.2. The van der Waals surface area contributed by atoms with Crippen molar-refractivity contribution in [2.24, 2.45) is 0 Å². The second-order valence-corrected chi connectivity index (χ2v) is 2.88. The summed E-state index contributed by atoms with van der Waals surface area (Å²) in [6.45, 7) is 4.81. The molecule has 0 rings (SSSR count). The average Bonchev–Trinajstić information content (AvgIpc) is 2.01. The molecule has 0 aliphatic carbocycles. The Labute approximate surface area is 68.4 Å². The first-order valence-electron chi connectivity index (χ1n) is 4.23. The molecule has 0 aliphatic heterocycles. The largest absolute Gasteiger partial charge is 0.396 e. The number of hydrogen-bond donors (Lipinski definition) is 3. The first-order chi connectivity index (χ1) is 5.20. The maximum Gasteiger partial charge on any atom is 0.0686 e. The van der Waals surface area contributed by atoms with E-state index in [0.717, 1.165) is 6.42 Å². The van der Waals surface area contributed by atoms with Gasteiger partial charge in [-0.25, -0.2) is 0 Å². The van der Waals surface area contributed by atoms with E-state index in [1.165, 1.54) is 0 Å². The van der Waals surface area contributed by atoms with Crippen LogP contribution in [0.3, 0.4) is 0 Å². The monoisotopic (exact) mass is 161 g/mol. The first kappa shape index (κ1) is 10.9. The molecule has 2 atom stereocenters. The van der Waals surface area contributed by atoms with Crippen molar-refractivity contribution in [1.29, 1.82) is 0 Å². The molecule has 3 nitrogen and oxygen atoms in total. The summed E-state index contributed by atoms with van der Waals surface area (Å²) in [4.78, 5) is 0. The second kappa shape index (κ2) is 6.58. The highest BCUT2D eigenvalue weighted by molar-refractivity contribution is 4.63. The zero-order valence-corrected chi connectivity index (χ0v) is 7.38. The fourth-order valence-electron chi connectivity index (χ4n) is 0.733. The SMILES string of the molecule is CCC(C)NC[C@@H](O)CCO. The van der Waals surface area contributed by atoms with Crippen LogP contribution in [0.4, 0.5) is 0 Å². The quantitative estimate of drug-likeness (QED) is 0.518. The molecular weight excluding hydrogens is 142 g/mol. The van der Waals surface area contributed by atoms with Crippen LogP contribution in [-0.2, 0) is 0 Å². The zero-order valence-electron chi connectivity index (χ0n) is 7.38. The zero-order chi connectivity index (χ0) is 8.69. The molecule has 68 valence electrons. The van der Waals surface area contributed by atoms with Gasteiger partial charge in [-0.2, -0.15) is 0 Å². The number of hydrogen-bond acceptors (Lipinski definition) is 3. The van der Waals surface area contributed by atoms with Gasteiger partial charge in [-0.15, -0.1) is 0 Å². The molecule has 0 aromatic rings. The molecule has 0 spiro atoms. The minimum atomic E-state index is -0.408. The van der Waals surface area contributed by atoms with Crippen molar-refractivity contribution < 1.29 is 10.2 Å². The Balaban J connectivity index is 3.22. The van der Waals surface area contributed by atoms with E-state index in [4.69, 9.17) is 5.11 Å². The lowest BCUT2D eigenvalue weighted by Crippen LogP contribution is -2.33. The van der Waals surface area contributed by atoms with E-state index in [1.54, 1.807) is 0 Å². The smallest absolute Gasteiger partial charge is 0.0686 e. The summed E-state index contributed by atoms with van der Waals surface area (Å²) in [5, 5.41) is 20.8. The third-order valence-corrected chi connectivity index (χ3v) is 1.78. The third kappa shape index (κ3) is 6.28. The molecule has 0 amide bonds. The van der Waals surface area contributed by atoms with Gasteiger partial charge in [0.15, 0.2) is 0 Å². The Morgan fingerprint density at radius 3 is 2.55 bits per heavy atom. The fraction of sp³-hybridized carbons (Fsp3) is 1.00. The standard InChI is InChI=1S/C8H19NO2/c1-3-7(2)9-6-8(11)4-5-10/h7-11H,3-6H2,1-2H3/t7?,8-/m0/s1. The summed E-state index contributed by atoms with van der Waals surface area (Å²) in [6.07, 6.45) is 1.11. The van der Waals surface area contributed by atoms with E-state index in [2.05, 4.69) is 19.2 Å². The van der Waals surface area contributed by atoms with Crippen LogP contribution in [0.1, 0.15) is 26.7 Å². The maximum atomic E-state index is 9.17. The molecule has 0 bridgehead atoms. The number of rotatable bonds is 6. The average molecular weight is 161 g/mol. The summed E-state index contributed by atoms with van der Waals surface area (Å²) in [5.74, 6) is 0. The van der Waals surface area contributed by atoms with E-state index >= 15 is 0 Å². The summed E-state index contributed by atoms with van der Waals surface area (Å²) < 4.78 is 0. The van der Waals surface area contributed by atoms with Gasteiger partial charge in [-0.05, 0) is 19.8 Å². The highest BCUT2D eigenvalue weighted by atomic mass is 16.3. The van der Waals surface area contributed by atoms with Crippen molar-refractivity contribution in [3.05, 3.63) is 0 Å². The topological polar surface area (TPSA) is 52.5 Å². The van der Waals surface area contributed by atoms with Crippen molar-refractivity contribution in [2.75, 3.05) is 13.2 Å². The number of aliphatic hydroxyl groups excluding tert-OH is 2. The summed E-state index contributed by atoms with van der Waals surface area (Å²) in [6, 6.07) is 0.448. The summed E-state index contributed by atoms with van der Waals surface area (Å²) >= 11 is 0. The molecule has 11 heavy (non-hydrogen) atoms. The number of nitrogens with one attached hydrogen (secondary N) is 1. The van der Waals surface area contributed by atoms with Gasteiger partial charge in [0.25, 0.3) is 0 Å². The summed E-state index contributed by atoms with van der Waals surface area (Å²) in [7, 11) is 0. The Kier molecular flexibility index (Phi) is 6.51. The van der Waals surface area contributed by atoms with Crippen molar-refractivity contribution in [1.82, 2.24) is 5.32 Å². The van der Waals surface area contributed by atoms with Crippen molar-refractivity contribution in [2.45, 2.75) is 38.8 Å². The Hall–Kier alpha value is -0.120. The molecule has 3 heteroatoms. The fourth-order valence-corrected chi connectivity index (χ4v) is 0.733. The molecule has 0 saturated heterocycles. The lowest BCUT2D eigenvalue weighted by molar-refractivity contribution is 0.128. The molecule has 0 fully saturated rings. The van der Waals surface area contributed by atoms with Crippen molar-refractivity contribution in [3.8, 4) is 0 Å². The predicted octanol–water partition coefficient (Wildman–Crippen LogP) is 0.118. The normalized spacial score (nSPS) is 16.4. The lowest BCUT2D eigenvalue weighted by Gasteiger charge is -2.14. The first-order valence-corrected chi connectivity index (χ1v) is 4.23. The van der Waals surface area contributed by atoms with Crippen molar-refractivity contribution >= 4 is 0 Å². The Morgan fingerprint density at radius 2 is 2.09 bits per heavy atom. The molecule has 0 saturated carbocycles. The van der Waals surface area contributed by atoms with E-state index in [1.807, 2.05) is 0 Å². The maximum absolute atomic E-state index is 9.17. The molecule has 1 unspecified atom stereocenters. The van der Waals surface area contributed by atoms with E-state index in [9.17, 15) is 5.11 Å². The van der Waals surface area contributed by atoms with Gasteiger partial charge < -0.3 is 15.5 Å². The van der Waals surface area contributed by atoms with Crippen LogP contribution in [0.5, 0.6) is 0 Å². The van der Waals surface area contributed by atoms with Crippen LogP contribution in [-0.4, -0.2) is 35.5 Å². The van der Waals surface area contributed by atoms with Crippen LogP contribution in [0.15, 0.2) is 0 Å². The van der Waals surface area contributed by atoms with E-state index < -0.39 is 6.10 Å². The van der Waals surface area contributed by atoms with Gasteiger partial charge in [0, 0.05) is 19.2 Å². The van der Waals surface area contributed by atoms with E-state index in [0.29, 0.717) is 19.0 Å². The van der Waals surface area contributed by atoms with Crippen LogP contribution in [0.2, 0.25) is 0 Å². The third-order valence-electron chi connectivity index (χ3n) is 1.78. The van der Waals surface area contributed by atoms with Crippen LogP contribution < -0.4 is 5.32 Å². The molecule has 0 aromatic heterocycles. The van der Waals surface area contributed by atoms with Crippen molar-refractivity contribution in [3.63, 3.8) is 0 Å². The number of aliphatic hydroxyl groups is 2. The molecule has 0 aliphatic rings. The van der Waals surface area contributed by atoms with Gasteiger partial charge in [0.2, 0.25) is 0 Å².